The van der Waals surface area contributed by atoms with Gasteiger partial charge in [0.2, 0.25) is 0 Å². The normalized spacial score (nSPS) is 12.3. The van der Waals surface area contributed by atoms with E-state index < -0.39 is 0 Å². The summed E-state index contributed by atoms with van der Waals surface area (Å²) >= 11 is 0. The predicted molar refractivity (Wildman–Crippen MR) is 56.7 cm³/mol. The second kappa shape index (κ2) is 4.79. The molecule has 4 heteroatoms. The van der Waals surface area contributed by atoms with Crippen molar-refractivity contribution in [3.05, 3.63) is 11.8 Å². The van der Waals surface area contributed by atoms with Crippen LogP contribution < -0.4 is 10.1 Å². The van der Waals surface area contributed by atoms with Gasteiger partial charge in [-0.15, -0.1) is 0 Å². The van der Waals surface area contributed by atoms with Crippen molar-refractivity contribution < 1.29 is 4.74 Å². The van der Waals surface area contributed by atoms with Gasteiger partial charge in [-0.3, -0.25) is 0 Å². The summed E-state index contributed by atoms with van der Waals surface area (Å²) in [5.74, 6) is 0.823. The van der Waals surface area contributed by atoms with Gasteiger partial charge in [0, 0.05) is 17.8 Å². The molecule has 0 aromatic carbocycles. The van der Waals surface area contributed by atoms with Crippen molar-refractivity contribution in [3.8, 4) is 6.01 Å². The summed E-state index contributed by atoms with van der Waals surface area (Å²) in [6.07, 6.45) is 1.06. The van der Waals surface area contributed by atoms with Gasteiger partial charge in [-0.25, -0.2) is 4.98 Å². The highest BCUT2D eigenvalue weighted by atomic mass is 16.5. The predicted octanol–water partition coefficient (Wildman–Crippen LogP) is 2.00. The molecule has 14 heavy (non-hydrogen) atoms. The Bertz CT molecular complexity index is 301. The quantitative estimate of drug-likeness (QED) is 0.798. The second-order valence-electron chi connectivity index (χ2n) is 3.33. The monoisotopic (exact) mass is 195 g/mol. The lowest BCUT2D eigenvalue weighted by Crippen LogP contribution is -2.15. The van der Waals surface area contributed by atoms with Crippen LogP contribution in [-0.2, 0) is 0 Å². The van der Waals surface area contributed by atoms with Gasteiger partial charge >= 0.3 is 6.01 Å². The van der Waals surface area contributed by atoms with Crippen molar-refractivity contribution in [2.24, 2.45) is 0 Å². The molecule has 1 unspecified atom stereocenters. The lowest BCUT2D eigenvalue weighted by atomic mass is 10.2. The lowest BCUT2D eigenvalue weighted by molar-refractivity contribution is 0.379. The van der Waals surface area contributed by atoms with Crippen LogP contribution in [0.2, 0.25) is 0 Å². The summed E-state index contributed by atoms with van der Waals surface area (Å²) in [6.45, 7) is 6.17. The maximum Gasteiger partial charge on any atom is 0.318 e. The van der Waals surface area contributed by atoms with Crippen LogP contribution in [0.5, 0.6) is 6.01 Å². The van der Waals surface area contributed by atoms with Crippen LogP contribution in [0.3, 0.4) is 0 Å². The minimum absolute atomic E-state index is 0.411. The molecule has 1 rings (SSSR count). The molecule has 1 atom stereocenters. The molecule has 0 bridgehead atoms. The molecule has 1 heterocycles. The SMILES string of the molecule is CCC(C)Nc1cc(C)nc(OC)n1. The zero-order valence-electron chi connectivity index (χ0n) is 9.16. The third-order valence-corrected chi connectivity index (χ3v) is 2.02. The molecule has 0 saturated heterocycles. The smallest absolute Gasteiger partial charge is 0.318 e. The van der Waals surface area contributed by atoms with E-state index in [9.17, 15) is 0 Å². The molecule has 1 aromatic rings. The summed E-state index contributed by atoms with van der Waals surface area (Å²) in [6, 6.07) is 2.74. The molecule has 4 nitrogen and oxygen atoms in total. The van der Waals surface area contributed by atoms with E-state index in [0.717, 1.165) is 17.9 Å². The Morgan fingerprint density at radius 2 is 2.21 bits per heavy atom. The van der Waals surface area contributed by atoms with Crippen molar-refractivity contribution in [1.82, 2.24) is 9.97 Å². The number of rotatable bonds is 4. The van der Waals surface area contributed by atoms with Crippen LogP contribution in [0, 0.1) is 6.92 Å². The average Bonchev–Trinajstić information content (AvgIpc) is 2.16. The van der Waals surface area contributed by atoms with Crippen molar-refractivity contribution in [3.63, 3.8) is 0 Å². The molecule has 1 aromatic heterocycles. The van der Waals surface area contributed by atoms with Gasteiger partial charge in [0.1, 0.15) is 5.82 Å². The summed E-state index contributed by atoms with van der Waals surface area (Å²) < 4.78 is 4.99. The molecule has 0 radical (unpaired) electrons. The highest BCUT2D eigenvalue weighted by Gasteiger charge is 2.04. The highest BCUT2D eigenvalue weighted by Crippen LogP contribution is 2.12. The number of anilines is 1. The van der Waals surface area contributed by atoms with Crippen LogP contribution in [-0.4, -0.2) is 23.1 Å². The molecule has 78 valence electrons. The van der Waals surface area contributed by atoms with E-state index in [1.165, 1.54) is 0 Å². The molecular weight excluding hydrogens is 178 g/mol. The van der Waals surface area contributed by atoms with Gasteiger partial charge in [0.15, 0.2) is 0 Å². The van der Waals surface area contributed by atoms with Gasteiger partial charge in [-0.2, -0.15) is 4.98 Å². The van der Waals surface area contributed by atoms with Crippen LogP contribution in [0.1, 0.15) is 26.0 Å². The second-order valence-corrected chi connectivity index (χ2v) is 3.33. The Morgan fingerprint density at radius 1 is 1.50 bits per heavy atom. The fraction of sp³-hybridized carbons (Fsp3) is 0.600. The molecule has 0 aliphatic heterocycles. The van der Waals surface area contributed by atoms with Gasteiger partial charge in [-0.1, -0.05) is 6.92 Å². The summed E-state index contributed by atoms with van der Waals surface area (Å²) in [4.78, 5) is 8.31. The molecule has 1 N–H and O–H groups in total. The van der Waals surface area contributed by atoms with E-state index in [2.05, 4.69) is 29.1 Å². The lowest BCUT2D eigenvalue weighted by Gasteiger charge is -2.12. The fourth-order valence-electron chi connectivity index (χ4n) is 1.06. The van der Waals surface area contributed by atoms with Crippen LogP contribution in [0.25, 0.3) is 0 Å². The zero-order valence-corrected chi connectivity index (χ0v) is 9.16. The fourth-order valence-corrected chi connectivity index (χ4v) is 1.06. The van der Waals surface area contributed by atoms with E-state index in [0.29, 0.717) is 12.1 Å². The first-order valence-electron chi connectivity index (χ1n) is 4.82. The number of ether oxygens (including phenoxy) is 1. The molecule has 0 aliphatic carbocycles. The van der Waals surface area contributed by atoms with Crippen LogP contribution >= 0.6 is 0 Å². The summed E-state index contributed by atoms with van der Waals surface area (Å²) in [7, 11) is 1.57. The Balaban J connectivity index is 2.81. The van der Waals surface area contributed by atoms with Gasteiger partial charge in [0.25, 0.3) is 0 Å². The Morgan fingerprint density at radius 3 is 2.79 bits per heavy atom. The van der Waals surface area contributed by atoms with Crippen molar-refractivity contribution in [1.29, 1.82) is 0 Å². The molecular formula is C10H17N3O. The highest BCUT2D eigenvalue weighted by molar-refractivity contribution is 5.37. The maximum absolute atomic E-state index is 4.99. The molecule has 0 spiro atoms. The zero-order chi connectivity index (χ0) is 10.6. The first-order valence-corrected chi connectivity index (χ1v) is 4.82. The van der Waals surface area contributed by atoms with E-state index >= 15 is 0 Å². The molecule has 0 saturated carbocycles. The topological polar surface area (TPSA) is 47.0 Å². The molecule has 0 fully saturated rings. The van der Waals surface area contributed by atoms with E-state index in [1.54, 1.807) is 7.11 Å². The minimum Gasteiger partial charge on any atom is -0.467 e. The number of aromatic nitrogens is 2. The number of nitrogens with one attached hydrogen (secondary N) is 1. The number of nitrogens with zero attached hydrogens (tertiary/aromatic N) is 2. The van der Waals surface area contributed by atoms with Crippen molar-refractivity contribution >= 4 is 5.82 Å². The summed E-state index contributed by atoms with van der Waals surface area (Å²) in [5.41, 5.74) is 0.905. The molecule has 0 amide bonds. The van der Waals surface area contributed by atoms with Gasteiger partial charge in [0.05, 0.1) is 7.11 Å². The first-order chi connectivity index (χ1) is 6.65. The Hall–Kier alpha value is -1.32. The number of hydrogen-bond donors (Lipinski definition) is 1. The van der Waals surface area contributed by atoms with E-state index in [4.69, 9.17) is 4.74 Å². The third-order valence-electron chi connectivity index (χ3n) is 2.02. The number of methoxy groups -OCH3 is 1. The number of aryl methyl sites for hydroxylation is 1. The Labute approximate surface area is 84.7 Å². The standard InChI is InChI=1S/C10H17N3O/c1-5-7(2)11-9-6-8(3)12-10(13-9)14-4/h6-7H,5H2,1-4H3,(H,11,12,13). The molecule has 0 aliphatic rings. The third kappa shape index (κ3) is 2.87. The van der Waals surface area contributed by atoms with Crippen LogP contribution in [0.4, 0.5) is 5.82 Å². The van der Waals surface area contributed by atoms with Crippen LogP contribution in [0.15, 0.2) is 6.07 Å². The minimum atomic E-state index is 0.411. The largest absolute Gasteiger partial charge is 0.467 e. The number of hydrogen-bond acceptors (Lipinski definition) is 4. The van der Waals surface area contributed by atoms with E-state index in [1.807, 2.05) is 13.0 Å². The van der Waals surface area contributed by atoms with E-state index in [-0.39, 0.29) is 0 Å². The van der Waals surface area contributed by atoms with Gasteiger partial charge < -0.3 is 10.1 Å². The average molecular weight is 195 g/mol. The first kappa shape index (κ1) is 10.8. The van der Waals surface area contributed by atoms with Gasteiger partial charge in [-0.05, 0) is 20.3 Å². The summed E-state index contributed by atoms with van der Waals surface area (Å²) in [5, 5.41) is 3.28. The Kier molecular flexibility index (Phi) is 3.68. The maximum atomic E-state index is 4.99. The van der Waals surface area contributed by atoms with Crippen molar-refractivity contribution in [2.45, 2.75) is 33.2 Å². The van der Waals surface area contributed by atoms with Crippen molar-refractivity contribution in [2.75, 3.05) is 12.4 Å².